The molecule has 0 aliphatic rings. The minimum Gasteiger partial charge on any atom is -0.307 e. The SMILES string of the molecule is CN=C(NN)c1ccc2ccccc2n1. The van der Waals surface area contributed by atoms with Gasteiger partial charge in [-0.2, -0.15) is 0 Å². The summed E-state index contributed by atoms with van der Waals surface area (Å²) < 4.78 is 0. The van der Waals surface area contributed by atoms with Gasteiger partial charge in [-0.1, -0.05) is 24.3 Å². The number of para-hydroxylation sites is 1. The number of amidine groups is 1. The van der Waals surface area contributed by atoms with E-state index in [4.69, 9.17) is 5.84 Å². The predicted molar refractivity (Wildman–Crippen MR) is 61.5 cm³/mol. The number of rotatable bonds is 1. The summed E-state index contributed by atoms with van der Waals surface area (Å²) in [7, 11) is 1.67. The van der Waals surface area contributed by atoms with Crippen molar-refractivity contribution in [2.45, 2.75) is 0 Å². The molecule has 0 spiro atoms. The fraction of sp³-hybridized carbons (Fsp3) is 0.0909. The molecule has 0 fully saturated rings. The van der Waals surface area contributed by atoms with Crippen molar-refractivity contribution in [1.82, 2.24) is 10.4 Å². The molecule has 0 saturated carbocycles. The van der Waals surface area contributed by atoms with Crippen LogP contribution < -0.4 is 11.3 Å². The van der Waals surface area contributed by atoms with E-state index in [1.54, 1.807) is 7.05 Å². The highest BCUT2D eigenvalue weighted by molar-refractivity contribution is 5.98. The van der Waals surface area contributed by atoms with Crippen LogP contribution in [0.1, 0.15) is 5.69 Å². The molecule has 2 rings (SSSR count). The van der Waals surface area contributed by atoms with E-state index in [2.05, 4.69) is 15.4 Å². The summed E-state index contributed by atoms with van der Waals surface area (Å²) in [6.07, 6.45) is 0. The van der Waals surface area contributed by atoms with Crippen molar-refractivity contribution in [1.29, 1.82) is 0 Å². The van der Waals surface area contributed by atoms with Gasteiger partial charge in [-0.05, 0) is 12.1 Å². The smallest absolute Gasteiger partial charge is 0.161 e. The van der Waals surface area contributed by atoms with Crippen LogP contribution in [0.15, 0.2) is 41.4 Å². The number of fused-ring (bicyclic) bond motifs is 1. The summed E-state index contributed by atoms with van der Waals surface area (Å²) in [6, 6.07) is 11.8. The van der Waals surface area contributed by atoms with Crippen LogP contribution in [-0.2, 0) is 0 Å². The second-order valence-corrected chi connectivity index (χ2v) is 3.11. The third-order valence-electron chi connectivity index (χ3n) is 2.20. The maximum absolute atomic E-state index is 5.34. The Morgan fingerprint density at radius 2 is 2.07 bits per heavy atom. The molecule has 1 heterocycles. The van der Waals surface area contributed by atoms with E-state index < -0.39 is 0 Å². The minimum absolute atomic E-state index is 0.584. The van der Waals surface area contributed by atoms with Gasteiger partial charge in [-0.25, -0.2) is 10.8 Å². The lowest BCUT2D eigenvalue weighted by Gasteiger charge is -2.04. The van der Waals surface area contributed by atoms with Crippen molar-refractivity contribution in [2.75, 3.05) is 7.05 Å². The molecule has 4 heteroatoms. The third kappa shape index (κ3) is 1.80. The Morgan fingerprint density at radius 3 is 2.80 bits per heavy atom. The molecule has 0 saturated heterocycles. The number of nitrogens with zero attached hydrogens (tertiary/aromatic N) is 2. The number of benzene rings is 1. The van der Waals surface area contributed by atoms with Gasteiger partial charge in [-0.3, -0.25) is 4.99 Å². The molecule has 0 unspecified atom stereocenters. The number of pyridine rings is 1. The van der Waals surface area contributed by atoms with Gasteiger partial charge in [-0.15, -0.1) is 0 Å². The lowest BCUT2D eigenvalue weighted by atomic mass is 10.2. The molecular weight excluding hydrogens is 188 g/mol. The van der Waals surface area contributed by atoms with Crippen LogP contribution in [0.4, 0.5) is 0 Å². The highest BCUT2D eigenvalue weighted by Gasteiger charge is 2.02. The highest BCUT2D eigenvalue weighted by atomic mass is 15.3. The summed E-state index contributed by atoms with van der Waals surface area (Å²) in [5.74, 6) is 5.92. The van der Waals surface area contributed by atoms with Gasteiger partial charge in [0.2, 0.25) is 0 Å². The molecule has 4 nitrogen and oxygen atoms in total. The molecule has 0 radical (unpaired) electrons. The summed E-state index contributed by atoms with van der Waals surface area (Å²) in [5.41, 5.74) is 4.21. The third-order valence-corrected chi connectivity index (χ3v) is 2.20. The zero-order chi connectivity index (χ0) is 10.7. The first-order chi connectivity index (χ1) is 7.35. The second kappa shape index (κ2) is 4.06. The van der Waals surface area contributed by atoms with Crippen LogP contribution in [0, 0.1) is 0 Å². The fourth-order valence-electron chi connectivity index (χ4n) is 1.45. The predicted octanol–water partition coefficient (Wildman–Crippen LogP) is 1.07. The lowest BCUT2D eigenvalue weighted by Crippen LogP contribution is -2.31. The number of hydrogen-bond donors (Lipinski definition) is 2. The molecule has 15 heavy (non-hydrogen) atoms. The van der Waals surface area contributed by atoms with E-state index in [0.717, 1.165) is 16.6 Å². The standard InChI is InChI=1S/C11H12N4/c1-13-11(15-12)10-7-6-8-4-2-3-5-9(8)14-10/h2-7H,12H2,1H3,(H,13,15). The molecule has 76 valence electrons. The van der Waals surface area contributed by atoms with Gasteiger partial charge < -0.3 is 5.43 Å². The van der Waals surface area contributed by atoms with Crippen molar-refractivity contribution in [3.05, 3.63) is 42.1 Å². The monoisotopic (exact) mass is 200 g/mol. The fourth-order valence-corrected chi connectivity index (χ4v) is 1.45. The number of hydrogen-bond acceptors (Lipinski definition) is 3. The largest absolute Gasteiger partial charge is 0.307 e. The van der Waals surface area contributed by atoms with Gasteiger partial charge in [0.1, 0.15) is 5.69 Å². The lowest BCUT2D eigenvalue weighted by molar-refractivity contribution is 1.01. The minimum atomic E-state index is 0.584. The van der Waals surface area contributed by atoms with Crippen LogP contribution in [0.5, 0.6) is 0 Å². The molecule has 0 atom stereocenters. The first-order valence-corrected chi connectivity index (χ1v) is 4.64. The van der Waals surface area contributed by atoms with Crippen molar-refractivity contribution < 1.29 is 0 Å². The molecule has 0 aliphatic carbocycles. The summed E-state index contributed by atoms with van der Waals surface area (Å²) in [6.45, 7) is 0. The summed E-state index contributed by atoms with van der Waals surface area (Å²) in [5, 5.41) is 1.11. The van der Waals surface area contributed by atoms with E-state index in [1.165, 1.54) is 0 Å². The topological polar surface area (TPSA) is 63.3 Å². The first-order valence-electron chi connectivity index (χ1n) is 4.64. The van der Waals surface area contributed by atoms with Crippen LogP contribution in [0.25, 0.3) is 10.9 Å². The van der Waals surface area contributed by atoms with E-state index in [9.17, 15) is 0 Å². The van der Waals surface area contributed by atoms with Gasteiger partial charge in [0, 0.05) is 12.4 Å². The van der Waals surface area contributed by atoms with Gasteiger partial charge in [0.25, 0.3) is 0 Å². The molecular formula is C11H12N4. The first kappa shape index (κ1) is 9.61. The Balaban J connectivity index is 2.56. The average molecular weight is 200 g/mol. The quantitative estimate of drug-likeness (QED) is 0.313. The zero-order valence-corrected chi connectivity index (χ0v) is 8.44. The van der Waals surface area contributed by atoms with Crippen LogP contribution >= 0.6 is 0 Å². The van der Waals surface area contributed by atoms with Crippen LogP contribution in [0.2, 0.25) is 0 Å². The Bertz CT molecular complexity index is 505. The number of nitrogens with one attached hydrogen (secondary N) is 1. The van der Waals surface area contributed by atoms with Crippen molar-refractivity contribution >= 4 is 16.7 Å². The normalized spacial score (nSPS) is 11.7. The second-order valence-electron chi connectivity index (χ2n) is 3.11. The molecule has 1 aromatic carbocycles. The van der Waals surface area contributed by atoms with Crippen LogP contribution in [0.3, 0.4) is 0 Å². The Morgan fingerprint density at radius 1 is 1.27 bits per heavy atom. The number of nitrogens with two attached hydrogens (primary N) is 1. The Kier molecular flexibility index (Phi) is 2.60. The highest BCUT2D eigenvalue weighted by Crippen LogP contribution is 2.11. The molecule has 1 aromatic heterocycles. The van der Waals surface area contributed by atoms with Crippen molar-refractivity contribution in [2.24, 2.45) is 10.8 Å². The molecule has 0 amide bonds. The average Bonchev–Trinajstić information content (AvgIpc) is 2.30. The molecule has 0 bridgehead atoms. The van der Waals surface area contributed by atoms with Crippen LogP contribution in [-0.4, -0.2) is 17.9 Å². The van der Waals surface area contributed by atoms with Gasteiger partial charge in [0.05, 0.1) is 5.52 Å². The summed E-state index contributed by atoms with van der Waals surface area (Å²) in [4.78, 5) is 8.45. The molecule has 3 N–H and O–H groups in total. The Hall–Kier alpha value is -1.94. The van der Waals surface area contributed by atoms with Gasteiger partial charge in [0.15, 0.2) is 5.84 Å². The maximum Gasteiger partial charge on any atom is 0.161 e. The van der Waals surface area contributed by atoms with E-state index in [0.29, 0.717) is 5.84 Å². The molecule has 2 aromatic rings. The zero-order valence-electron chi connectivity index (χ0n) is 8.44. The summed E-state index contributed by atoms with van der Waals surface area (Å²) >= 11 is 0. The van der Waals surface area contributed by atoms with Crippen molar-refractivity contribution in [3.8, 4) is 0 Å². The van der Waals surface area contributed by atoms with E-state index in [1.807, 2.05) is 36.4 Å². The number of aliphatic imine (C=N–C) groups is 1. The van der Waals surface area contributed by atoms with Gasteiger partial charge >= 0.3 is 0 Å². The maximum atomic E-state index is 5.34. The molecule has 0 aliphatic heterocycles. The van der Waals surface area contributed by atoms with Crippen molar-refractivity contribution in [3.63, 3.8) is 0 Å². The van der Waals surface area contributed by atoms with E-state index >= 15 is 0 Å². The van der Waals surface area contributed by atoms with E-state index in [-0.39, 0.29) is 0 Å². The number of aromatic nitrogens is 1. The number of hydrazine groups is 1. The Labute approximate surface area is 87.8 Å².